The molecule has 28 heavy (non-hydrogen) atoms. The number of anilines is 5. The minimum atomic E-state index is 0.609. The molecule has 1 fully saturated rings. The monoisotopic (exact) mass is 373 g/mol. The summed E-state index contributed by atoms with van der Waals surface area (Å²) in [7, 11) is 0. The van der Waals surface area contributed by atoms with Gasteiger partial charge in [-0.3, -0.25) is 0 Å². The Morgan fingerprint density at radius 3 is 2.54 bits per heavy atom. The Balaban J connectivity index is 1.51. The summed E-state index contributed by atoms with van der Waals surface area (Å²) < 4.78 is 0. The fourth-order valence-electron chi connectivity index (χ4n) is 3.69. The Morgan fingerprint density at radius 2 is 1.82 bits per heavy atom. The first kappa shape index (κ1) is 18.3. The van der Waals surface area contributed by atoms with Crippen LogP contribution in [0.25, 0.3) is 0 Å². The fraction of sp³-hybridized carbons (Fsp3) is 0.304. The van der Waals surface area contributed by atoms with Gasteiger partial charge < -0.3 is 15.1 Å². The molecule has 0 bridgehead atoms. The van der Waals surface area contributed by atoms with E-state index >= 15 is 0 Å². The Bertz CT molecular complexity index is 916. The minimum absolute atomic E-state index is 0.609. The van der Waals surface area contributed by atoms with Gasteiger partial charge in [0.2, 0.25) is 5.95 Å². The second kappa shape index (κ2) is 8.30. The van der Waals surface area contributed by atoms with Crippen LogP contribution in [0.15, 0.2) is 60.8 Å². The van der Waals surface area contributed by atoms with Crippen molar-refractivity contribution >= 4 is 28.8 Å². The van der Waals surface area contributed by atoms with E-state index in [1.54, 1.807) is 0 Å². The Hall–Kier alpha value is -3.08. The topological polar surface area (TPSA) is 44.3 Å². The molecule has 2 heterocycles. The van der Waals surface area contributed by atoms with Crippen LogP contribution in [0, 0.1) is 6.92 Å². The Kier molecular flexibility index (Phi) is 5.42. The predicted octanol–water partition coefficient (Wildman–Crippen LogP) is 5.29. The van der Waals surface area contributed by atoms with Crippen molar-refractivity contribution in [2.75, 3.05) is 34.8 Å². The van der Waals surface area contributed by atoms with Crippen LogP contribution in [0.4, 0.5) is 28.8 Å². The molecule has 0 unspecified atom stereocenters. The molecule has 1 N–H and O–H groups in total. The summed E-state index contributed by atoms with van der Waals surface area (Å²) in [5, 5.41) is 3.34. The second-order valence-electron chi connectivity index (χ2n) is 7.19. The van der Waals surface area contributed by atoms with Crippen molar-refractivity contribution in [2.24, 2.45) is 0 Å². The predicted molar refractivity (Wildman–Crippen MR) is 117 cm³/mol. The molecule has 1 aliphatic rings. The third kappa shape index (κ3) is 4.09. The normalized spacial score (nSPS) is 13.6. The van der Waals surface area contributed by atoms with Crippen LogP contribution >= 0.6 is 0 Å². The van der Waals surface area contributed by atoms with Gasteiger partial charge in [0.25, 0.3) is 0 Å². The van der Waals surface area contributed by atoms with Gasteiger partial charge in [0.05, 0.1) is 0 Å². The molecule has 144 valence electrons. The number of aryl methyl sites for hydroxylation is 1. The van der Waals surface area contributed by atoms with Crippen LogP contribution in [0.5, 0.6) is 0 Å². The zero-order valence-corrected chi connectivity index (χ0v) is 16.6. The average Bonchev–Trinajstić information content (AvgIpc) is 3.24. The van der Waals surface area contributed by atoms with Crippen molar-refractivity contribution in [2.45, 2.75) is 26.7 Å². The Morgan fingerprint density at radius 1 is 1.04 bits per heavy atom. The molecule has 2 aromatic carbocycles. The summed E-state index contributed by atoms with van der Waals surface area (Å²) >= 11 is 0. The van der Waals surface area contributed by atoms with E-state index in [9.17, 15) is 0 Å². The van der Waals surface area contributed by atoms with Crippen LogP contribution in [0.1, 0.15) is 25.3 Å². The van der Waals surface area contributed by atoms with E-state index in [2.05, 4.69) is 82.5 Å². The van der Waals surface area contributed by atoms with E-state index in [-0.39, 0.29) is 0 Å². The SMILES string of the molecule is CCN(c1cccc(C)c1)c1ccnc(Nc2ccc(N3CCCC3)cc2)n1. The maximum Gasteiger partial charge on any atom is 0.229 e. The molecule has 0 radical (unpaired) electrons. The highest BCUT2D eigenvalue weighted by molar-refractivity contribution is 5.64. The summed E-state index contributed by atoms with van der Waals surface area (Å²) in [6.07, 6.45) is 4.38. The molecule has 4 rings (SSSR count). The minimum Gasteiger partial charge on any atom is -0.372 e. The molecular weight excluding hydrogens is 346 g/mol. The van der Waals surface area contributed by atoms with Gasteiger partial charge in [-0.15, -0.1) is 0 Å². The summed E-state index contributed by atoms with van der Waals surface area (Å²) in [6.45, 7) is 7.39. The summed E-state index contributed by atoms with van der Waals surface area (Å²) in [4.78, 5) is 13.8. The van der Waals surface area contributed by atoms with Crippen molar-refractivity contribution in [3.63, 3.8) is 0 Å². The lowest BCUT2D eigenvalue weighted by molar-refractivity contribution is 0.949. The van der Waals surface area contributed by atoms with E-state index in [0.29, 0.717) is 5.95 Å². The molecule has 0 saturated carbocycles. The molecule has 0 aliphatic carbocycles. The van der Waals surface area contributed by atoms with Crippen molar-refractivity contribution in [1.29, 1.82) is 0 Å². The maximum absolute atomic E-state index is 4.74. The lowest BCUT2D eigenvalue weighted by Gasteiger charge is -2.23. The average molecular weight is 374 g/mol. The zero-order valence-electron chi connectivity index (χ0n) is 16.6. The van der Waals surface area contributed by atoms with E-state index in [4.69, 9.17) is 4.98 Å². The molecule has 0 amide bonds. The molecule has 1 aromatic heterocycles. The van der Waals surface area contributed by atoms with Crippen molar-refractivity contribution in [3.8, 4) is 0 Å². The van der Waals surface area contributed by atoms with Crippen LogP contribution in [0.2, 0.25) is 0 Å². The van der Waals surface area contributed by atoms with Gasteiger partial charge >= 0.3 is 0 Å². The summed E-state index contributed by atoms with van der Waals surface area (Å²) in [6, 6.07) is 19.0. The fourth-order valence-corrected chi connectivity index (χ4v) is 3.69. The van der Waals surface area contributed by atoms with Gasteiger partial charge in [-0.25, -0.2) is 4.98 Å². The number of rotatable bonds is 6. The van der Waals surface area contributed by atoms with Gasteiger partial charge in [-0.1, -0.05) is 12.1 Å². The first-order chi connectivity index (χ1) is 13.7. The number of nitrogens with zero attached hydrogens (tertiary/aromatic N) is 4. The van der Waals surface area contributed by atoms with Gasteiger partial charge in [0.1, 0.15) is 5.82 Å². The van der Waals surface area contributed by atoms with Crippen molar-refractivity contribution in [3.05, 3.63) is 66.4 Å². The molecule has 5 heteroatoms. The van der Waals surface area contributed by atoms with E-state index in [1.165, 1.54) is 24.1 Å². The van der Waals surface area contributed by atoms with E-state index in [0.717, 1.165) is 36.8 Å². The van der Waals surface area contributed by atoms with Crippen LogP contribution < -0.4 is 15.1 Å². The zero-order chi connectivity index (χ0) is 19.3. The van der Waals surface area contributed by atoms with E-state index in [1.807, 2.05) is 12.3 Å². The Labute approximate surface area is 167 Å². The number of benzene rings is 2. The molecule has 1 saturated heterocycles. The standard InChI is InChI=1S/C23H27N5/c1-3-28(21-8-6-7-18(2)17-21)22-13-14-24-23(26-22)25-19-9-11-20(12-10-19)27-15-4-5-16-27/h6-14,17H,3-5,15-16H2,1-2H3,(H,24,25,26). The van der Waals surface area contributed by atoms with Gasteiger partial charge in [-0.2, -0.15) is 4.98 Å². The number of nitrogens with one attached hydrogen (secondary N) is 1. The third-order valence-electron chi connectivity index (χ3n) is 5.14. The van der Waals surface area contributed by atoms with Crippen molar-refractivity contribution in [1.82, 2.24) is 9.97 Å². The number of hydrogen-bond donors (Lipinski definition) is 1. The number of hydrogen-bond acceptors (Lipinski definition) is 5. The largest absolute Gasteiger partial charge is 0.372 e. The quantitative estimate of drug-likeness (QED) is 0.636. The molecule has 3 aromatic rings. The molecule has 0 spiro atoms. The maximum atomic E-state index is 4.74. The molecule has 5 nitrogen and oxygen atoms in total. The molecule has 0 atom stereocenters. The second-order valence-corrected chi connectivity index (χ2v) is 7.19. The number of aromatic nitrogens is 2. The smallest absolute Gasteiger partial charge is 0.229 e. The summed E-state index contributed by atoms with van der Waals surface area (Å²) in [5.41, 5.74) is 4.66. The van der Waals surface area contributed by atoms with Crippen LogP contribution in [-0.4, -0.2) is 29.6 Å². The summed E-state index contributed by atoms with van der Waals surface area (Å²) in [5.74, 6) is 1.50. The van der Waals surface area contributed by atoms with Gasteiger partial charge in [0, 0.05) is 42.9 Å². The highest BCUT2D eigenvalue weighted by atomic mass is 15.2. The molecule has 1 aliphatic heterocycles. The first-order valence-corrected chi connectivity index (χ1v) is 10.0. The van der Waals surface area contributed by atoms with Gasteiger partial charge in [0.15, 0.2) is 0 Å². The first-order valence-electron chi connectivity index (χ1n) is 10.0. The highest BCUT2D eigenvalue weighted by Gasteiger charge is 2.13. The lowest BCUT2D eigenvalue weighted by Crippen LogP contribution is -2.18. The third-order valence-corrected chi connectivity index (χ3v) is 5.14. The highest BCUT2D eigenvalue weighted by Crippen LogP contribution is 2.26. The van der Waals surface area contributed by atoms with Gasteiger partial charge in [-0.05, 0) is 74.7 Å². The molecular formula is C23H27N5. The lowest BCUT2D eigenvalue weighted by atomic mass is 10.2. The van der Waals surface area contributed by atoms with Crippen molar-refractivity contribution < 1.29 is 0 Å². The van der Waals surface area contributed by atoms with Crippen LogP contribution in [0.3, 0.4) is 0 Å². The van der Waals surface area contributed by atoms with E-state index < -0.39 is 0 Å². The van der Waals surface area contributed by atoms with Crippen LogP contribution in [-0.2, 0) is 0 Å².